The normalized spacial score (nSPS) is 15.6. The van der Waals surface area contributed by atoms with Gasteiger partial charge in [0.15, 0.2) is 0 Å². The van der Waals surface area contributed by atoms with Crippen LogP contribution in [-0.2, 0) is 14.8 Å². The number of fused-ring (bicyclic) bond motifs is 1. The van der Waals surface area contributed by atoms with E-state index in [4.69, 9.17) is 4.74 Å². The number of carbonyl (C=O) groups is 1. The van der Waals surface area contributed by atoms with Crippen molar-refractivity contribution < 1.29 is 17.9 Å². The molecule has 0 atom stereocenters. The molecule has 0 unspecified atom stereocenters. The number of hydrazone groups is 1. The van der Waals surface area contributed by atoms with E-state index in [0.717, 1.165) is 20.8 Å². The molecule has 0 radical (unpaired) electrons. The van der Waals surface area contributed by atoms with Crippen LogP contribution in [0, 0.1) is 0 Å². The average Bonchev–Trinajstić information content (AvgIpc) is 2.84. The second-order valence-corrected chi connectivity index (χ2v) is 10.7. The second-order valence-electron chi connectivity index (χ2n) is 7.83. The predicted octanol–water partition coefficient (Wildman–Crippen LogP) is 3.07. The number of amides is 1. The number of benzene rings is 3. The van der Waals surface area contributed by atoms with Crippen molar-refractivity contribution in [2.75, 3.05) is 39.8 Å². The van der Waals surface area contributed by atoms with Crippen molar-refractivity contribution in [3.05, 3.63) is 70.7 Å². The minimum Gasteiger partial charge on any atom is -0.496 e. The van der Waals surface area contributed by atoms with Crippen LogP contribution in [0.5, 0.6) is 5.75 Å². The Morgan fingerprint density at radius 3 is 2.47 bits per heavy atom. The molecule has 8 nitrogen and oxygen atoms in total. The van der Waals surface area contributed by atoms with Crippen molar-refractivity contribution in [1.82, 2.24) is 14.6 Å². The smallest absolute Gasteiger partial charge is 0.254 e. The maximum absolute atomic E-state index is 12.8. The second kappa shape index (κ2) is 10.6. The Hall–Kier alpha value is -2.79. The van der Waals surface area contributed by atoms with E-state index in [-0.39, 0.29) is 17.3 Å². The predicted molar refractivity (Wildman–Crippen MR) is 136 cm³/mol. The Morgan fingerprint density at radius 1 is 1.06 bits per heavy atom. The molecular formula is C24H25BrN4O4S. The van der Waals surface area contributed by atoms with Gasteiger partial charge >= 0.3 is 0 Å². The summed E-state index contributed by atoms with van der Waals surface area (Å²) in [7, 11) is -1.96. The summed E-state index contributed by atoms with van der Waals surface area (Å²) >= 11 is 3.32. The van der Waals surface area contributed by atoms with Gasteiger partial charge in [-0.15, -0.1) is 0 Å². The van der Waals surface area contributed by atoms with Gasteiger partial charge in [-0.2, -0.15) is 9.41 Å². The van der Waals surface area contributed by atoms with Crippen LogP contribution in [-0.4, -0.2) is 69.6 Å². The summed E-state index contributed by atoms with van der Waals surface area (Å²) in [6, 6.07) is 18.3. The fraction of sp³-hybridized carbons (Fsp3) is 0.250. The van der Waals surface area contributed by atoms with E-state index in [1.165, 1.54) is 4.31 Å². The van der Waals surface area contributed by atoms with Crippen molar-refractivity contribution in [2.45, 2.75) is 4.90 Å². The van der Waals surface area contributed by atoms with Gasteiger partial charge < -0.3 is 4.74 Å². The molecular weight excluding hydrogens is 520 g/mol. The Bertz CT molecular complexity index is 1300. The van der Waals surface area contributed by atoms with Gasteiger partial charge in [-0.05, 0) is 41.1 Å². The van der Waals surface area contributed by atoms with Gasteiger partial charge in [-0.25, -0.2) is 13.8 Å². The summed E-state index contributed by atoms with van der Waals surface area (Å²) in [6.07, 6.45) is 1.59. The highest BCUT2D eigenvalue weighted by Crippen LogP contribution is 2.26. The SMILES string of the molecule is COc1ccc2ccccc2c1/C=N/NC(=O)CN1CCN(S(=O)(=O)c2ccc(Br)cc2)CC1. The zero-order valence-corrected chi connectivity index (χ0v) is 21.0. The van der Waals surface area contributed by atoms with Gasteiger partial charge in [0.1, 0.15) is 5.75 Å². The third-order valence-electron chi connectivity index (χ3n) is 5.68. The highest BCUT2D eigenvalue weighted by Gasteiger charge is 2.29. The molecule has 3 aromatic carbocycles. The molecule has 1 amide bonds. The van der Waals surface area contributed by atoms with Crippen LogP contribution in [0.15, 0.2) is 75.1 Å². The molecule has 0 bridgehead atoms. The molecule has 0 saturated carbocycles. The topological polar surface area (TPSA) is 91.3 Å². The van der Waals surface area contributed by atoms with Crippen molar-refractivity contribution in [2.24, 2.45) is 5.10 Å². The highest BCUT2D eigenvalue weighted by molar-refractivity contribution is 9.10. The number of rotatable bonds is 7. The molecule has 1 aliphatic rings. The minimum atomic E-state index is -3.55. The molecule has 3 aromatic rings. The fourth-order valence-electron chi connectivity index (χ4n) is 3.88. The van der Waals surface area contributed by atoms with Gasteiger partial charge in [0.25, 0.3) is 5.91 Å². The van der Waals surface area contributed by atoms with Crippen LogP contribution in [0.4, 0.5) is 0 Å². The highest BCUT2D eigenvalue weighted by atomic mass is 79.9. The molecule has 178 valence electrons. The Kier molecular flexibility index (Phi) is 7.62. The van der Waals surface area contributed by atoms with E-state index >= 15 is 0 Å². The third-order valence-corrected chi connectivity index (χ3v) is 8.12. The first-order valence-electron chi connectivity index (χ1n) is 10.7. The molecule has 1 fully saturated rings. The molecule has 0 aliphatic carbocycles. The number of halogens is 1. The Balaban J connectivity index is 1.33. The van der Waals surface area contributed by atoms with Crippen molar-refractivity contribution in [3.63, 3.8) is 0 Å². The quantitative estimate of drug-likeness (QED) is 0.364. The first-order valence-corrected chi connectivity index (χ1v) is 13.0. The molecule has 1 aliphatic heterocycles. The lowest BCUT2D eigenvalue weighted by molar-refractivity contribution is -0.122. The molecule has 1 saturated heterocycles. The van der Waals surface area contributed by atoms with E-state index in [1.807, 2.05) is 41.3 Å². The van der Waals surface area contributed by atoms with Gasteiger partial charge in [0.05, 0.1) is 24.8 Å². The molecule has 0 aromatic heterocycles. The van der Waals surface area contributed by atoms with Crippen LogP contribution < -0.4 is 10.2 Å². The number of hydrogen-bond donors (Lipinski definition) is 1. The number of hydrogen-bond acceptors (Lipinski definition) is 6. The summed E-state index contributed by atoms with van der Waals surface area (Å²) < 4.78 is 33.4. The Labute approximate surface area is 207 Å². The van der Waals surface area contributed by atoms with Gasteiger partial charge in [0.2, 0.25) is 10.0 Å². The van der Waals surface area contributed by atoms with Gasteiger partial charge in [-0.3, -0.25) is 9.69 Å². The van der Waals surface area contributed by atoms with Crippen LogP contribution >= 0.6 is 15.9 Å². The van der Waals surface area contributed by atoms with E-state index in [2.05, 4.69) is 26.5 Å². The fourth-order valence-corrected chi connectivity index (χ4v) is 5.56. The number of carbonyl (C=O) groups excluding carboxylic acids is 1. The van der Waals surface area contributed by atoms with Crippen LogP contribution in [0.25, 0.3) is 10.8 Å². The van der Waals surface area contributed by atoms with Crippen LogP contribution in [0.2, 0.25) is 0 Å². The lowest BCUT2D eigenvalue weighted by Crippen LogP contribution is -2.50. The summed E-state index contributed by atoms with van der Waals surface area (Å²) in [4.78, 5) is 14.6. The summed E-state index contributed by atoms with van der Waals surface area (Å²) in [6.45, 7) is 1.70. The first kappa shape index (κ1) is 24.3. The zero-order chi connectivity index (χ0) is 24.1. The molecule has 0 spiro atoms. The molecule has 34 heavy (non-hydrogen) atoms. The lowest BCUT2D eigenvalue weighted by Gasteiger charge is -2.33. The summed E-state index contributed by atoms with van der Waals surface area (Å²) in [5, 5.41) is 6.15. The van der Waals surface area contributed by atoms with E-state index in [9.17, 15) is 13.2 Å². The lowest BCUT2D eigenvalue weighted by atomic mass is 10.0. The van der Waals surface area contributed by atoms with Crippen LogP contribution in [0.3, 0.4) is 0 Å². The van der Waals surface area contributed by atoms with E-state index < -0.39 is 10.0 Å². The molecule has 4 rings (SSSR count). The number of piperazine rings is 1. The number of nitrogens with zero attached hydrogens (tertiary/aromatic N) is 3. The monoisotopic (exact) mass is 544 g/mol. The number of sulfonamides is 1. The van der Waals surface area contributed by atoms with Crippen molar-refractivity contribution in [1.29, 1.82) is 0 Å². The van der Waals surface area contributed by atoms with Crippen molar-refractivity contribution >= 4 is 48.8 Å². The summed E-state index contributed by atoms with van der Waals surface area (Å²) in [5.41, 5.74) is 3.35. The van der Waals surface area contributed by atoms with Crippen molar-refractivity contribution in [3.8, 4) is 5.75 Å². The first-order chi connectivity index (χ1) is 16.4. The number of ether oxygens (including phenoxy) is 1. The average molecular weight is 545 g/mol. The number of methoxy groups -OCH3 is 1. The number of nitrogens with one attached hydrogen (secondary N) is 1. The van der Waals surface area contributed by atoms with E-state index in [1.54, 1.807) is 37.6 Å². The van der Waals surface area contributed by atoms with Crippen LogP contribution in [0.1, 0.15) is 5.56 Å². The summed E-state index contributed by atoms with van der Waals surface area (Å²) in [5.74, 6) is 0.402. The maximum Gasteiger partial charge on any atom is 0.254 e. The van der Waals surface area contributed by atoms with Gasteiger partial charge in [0, 0.05) is 36.2 Å². The molecule has 10 heteroatoms. The standard InChI is InChI=1S/C24H25BrN4O4S/c1-33-23-11-6-18-4-2-3-5-21(18)22(23)16-26-27-24(30)17-28-12-14-29(15-13-28)34(31,32)20-9-7-19(25)8-10-20/h2-11,16H,12-15,17H2,1H3,(H,27,30)/b26-16+. The van der Waals surface area contributed by atoms with E-state index in [0.29, 0.717) is 31.9 Å². The van der Waals surface area contributed by atoms with Gasteiger partial charge in [-0.1, -0.05) is 46.3 Å². The molecule has 1 heterocycles. The zero-order valence-electron chi connectivity index (χ0n) is 18.6. The maximum atomic E-state index is 12.8. The largest absolute Gasteiger partial charge is 0.496 e. The Morgan fingerprint density at radius 2 is 1.76 bits per heavy atom. The third kappa shape index (κ3) is 5.47. The molecule has 1 N–H and O–H groups in total. The minimum absolute atomic E-state index is 0.135.